The van der Waals surface area contributed by atoms with E-state index in [9.17, 15) is 13.2 Å². The molecule has 0 fully saturated rings. The first kappa shape index (κ1) is 14.5. The first-order valence-corrected chi connectivity index (χ1v) is 7.40. The highest BCUT2D eigenvalue weighted by atomic mass is 32.2. The number of hydrogen-bond acceptors (Lipinski definition) is 4. The Morgan fingerprint density at radius 3 is 2.50 bits per heavy atom. The number of carbonyl (C=O) groups is 1. The predicted molar refractivity (Wildman–Crippen MR) is 73.0 cm³/mol. The van der Waals surface area contributed by atoms with Crippen LogP contribution in [0.1, 0.15) is 20.3 Å². The molecule has 0 aromatic heterocycles. The molecule has 0 radical (unpaired) electrons. The van der Waals surface area contributed by atoms with Gasteiger partial charge < -0.3 is 11.1 Å². The lowest BCUT2D eigenvalue weighted by Crippen LogP contribution is -2.22. The second kappa shape index (κ2) is 5.86. The van der Waals surface area contributed by atoms with Gasteiger partial charge in [-0.1, -0.05) is 12.1 Å². The molecular formula is C12H18N2O3S. The van der Waals surface area contributed by atoms with Crippen LogP contribution in [0.2, 0.25) is 0 Å². The van der Waals surface area contributed by atoms with E-state index in [0.29, 0.717) is 11.4 Å². The van der Waals surface area contributed by atoms with E-state index >= 15 is 0 Å². The molecule has 0 saturated heterocycles. The normalized spacial score (nSPS) is 11.5. The van der Waals surface area contributed by atoms with Gasteiger partial charge in [0.15, 0.2) is 9.84 Å². The first-order chi connectivity index (χ1) is 8.33. The van der Waals surface area contributed by atoms with Crippen LogP contribution in [0.3, 0.4) is 0 Å². The number of sulfone groups is 1. The van der Waals surface area contributed by atoms with E-state index in [0.717, 1.165) is 0 Å². The molecular weight excluding hydrogens is 252 g/mol. The molecule has 5 nitrogen and oxygen atoms in total. The molecule has 1 aromatic carbocycles. The minimum atomic E-state index is -3.19. The molecule has 0 aliphatic rings. The number of rotatable bonds is 5. The zero-order chi connectivity index (χ0) is 13.8. The van der Waals surface area contributed by atoms with Gasteiger partial charge in [-0.2, -0.15) is 0 Å². The molecule has 0 heterocycles. The molecule has 0 spiro atoms. The van der Waals surface area contributed by atoms with Crippen LogP contribution in [0, 0.1) is 0 Å². The number of nitrogens with two attached hydrogens (primary N) is 1. The van der Waals surface area contributed by atoms with Crippen LogP contribution in [-0.4, -0.2) is 25.3 Å². The van der Waals surface area contributed by atoms with E-state index in [1.54, 1.807) is 38.1 Å². The Morgan fingerprint density at radius 1 is 1.33 bits per heavy atom. The molecule has 100 valence electrons. The minimum absolute atomic E-state index is 0.0607. The Morgan fingerprint density at radius 2 is 1.94 bits per heavy atom. The molecule has 0 saturated carbocycles. The summed E-state index contributed by atoms with van der Waals surface area (Å²) in [6, 6.07) is 6.84. The topological polar surface area (TPSA) is 89.3 Å². The first-order valence-electron chi connectivity index (χ1n) is 5.69. The molecule has 3 N–H and O–H groups in total. The molecule has 1 amide bonds. The monoisotopic (exact) mass is 270 g/mol. The van der Waals surface area contributed by atoms with E-state index < -0.39 is 15.1 Å². The summed E-state index contributed by atoms with van der Waals surface area (Å²) in [5, 5.41) is 2.13. The quantitative estimate of drug-likeness (QED) is 0.792. The SMILES string of the molecule is CC(C)S(=O)(=O)CCC(=O)Nc1ccccc1N. The van der Waals surface area contributed by atoms with Gasteiger partial charge in [0.1, 0.15) is 0 Å². The smallest absolute Gasteiger partial charge is 0.225 e. The third kappa shape index (κ3) is 4.03. The molecule has 1 rings (SSSR count). The Kier molecular flexibility index (Phi) is 4.72. The van der Waals surface area contributed by atoms with Gasteiger partial charge in [0.2, 0.25) is 5.91 Å². The predicted octanol–water partition coefficient (Wildman–Crippen LogP) is 1.42. The van der Waals surface area contributed by atoms with Gasteiger partial charge in [0.25, 0.3) is 0 Å². The van der Waals surface area contributed by atoms with E-state index in [1.165, 1.54) is 0 Å². The van der Waals surface area contributed by atoms with Crippen LogP contribution in [0.15, 0.2) is 24.3 Å². The summed E-state index contributed by atoms with van der Waals surface area (Å²) in [5.74, 6) is -0.499. The third-order valence-corrected chi connectivity index (χ3v) is 4.78. The van der Waals surface area contributed by atoms with Crippen molar-refractivity contribution in [3.05, 3.63) is 24.3 Å². The summed E-state index contributed by atoms with van der Waals surface area (Å²) < 4.78 is 23.1. The van der Waals surface area contributed by atoms with Crippen LogP contribution >= 0.6 is 0 Å². The summed E-state index contributed by atoms with van der Waals surface area (Å²) >= 11 is 0. The van der Waals surface area contributed by atoms with Gasteiger partial charge in [-0.15, -0.1) is 0 Å². The highest BCUT2D eigenvalue weighted by molar-refractivity contribution is 7.91. The number of nitrogen functional groups attached to an aromatic ring is 1. The van der Waals surface area contributed by atoms with Gasteiger partial charge in [0, 0.05) is 6.42 Å². The molecule has 0 bridgehead atoms. The van der Waals surface area contributed by atoms with Crippen molar-refractivity contribution in [2.75, 3.05) is 16.8 Å². The van der Waals surface area contributed by atoms with Gasteiger partial charge in [-0.05, 0) is 26.0 Å². The second-order valence-electron chi connectivity index (χ2n) is 4.30. The van der Waals surface area contributed by atoms with Crippen LogP contribution in [0.5, 0.6) is 0 Å². The summed E-state index contributed by atoms with van der Waals surface area (Å²) in [4.78, 5) is 11.6. The average Bonchev–Trinajstić information content (AvgIpc) is 2.29. The van der Waals surface area contributed by atoms with Crippen LogP contribution in [0.25, 0.3) is 0 Å². The van der Waals surface area contributed by atoms with E-state index in [-0.39, 0.29) is 18.1 Å². The fourth-order valence-corrected chi connectivity index (χ4v) is 2.24. The minimum Gasteiger partial charge on any atom is -0.397 e. The number of benzene rings is 1. The van der Waals surface area contributed by atoms with Crippen LogP contribution in [0.4, 0.5) is 11.4 Å². The van der Waals surface area contributed by atoms with Crippen molar-refractivity contribution in [3.63, 3.8) is 0 Å². The fourth-order valence-electron chi connectivity index (χ4n) is 1.29. The molecule has 0 aliphatic carbocycles. The van der Waals surface area contributed by atoms with E-state index in [2.05, 4.69) is 5.32 Å². The second-order valence-corrected chi connectivity index (χ2v) is 6.98. The third-order valence-electron chi connectivity index (χ3n) is 2.57. The zero-order valence-corrected chi connectivity index (χ0v) is 11.3. The average molecular weight is 270 g/mol. The molecule has 6 heteroatoms. The van der Waals surface area contributed by atoms with Gasteiger partial charge >= 0.3 is 0 Å². The number of para-hydroxylation sites is 2. The lowest BCUT2D eigenvalue weighted by atomic mass is 10.2. The standard InChI is InChI=1S/C12H18N2O3S/c1-9(2)18(16,17)8-7-12(15)14-11-6-4-3-5-10(11)13/h3-6,9H,7-8,13H2,1-2H3,(H,14,15). The largest absolute Gasteiger partial charge is 0.397 e. The van der Waals surface area contributed by atoms with Crippen molar-refractivity contribution in [2.45, 2.75) is 25.5 Å². The summed E-state index contributed by atoms with van der Waals surface area (Å²) in [6.45, 7) is 3.20. The Balaban J connectivity index is 2.56. The molecule has 18 heavy (non-hydrogen) atoms. The van der Waals surface area contributed by atoms with Crippen molar-refractivity contribution in [3.8, 4) is 0 Å². The molecule has 0 unspecified atom stereocenters. The van der Waals surface area contributed by atoms with Gasteiger partial charge in [-0.25, -0.2) is 8.42 Å². The van der Waals surface area contributed by atoms with E-state index in [1.807, 2.05) is 0 Å². The van der Waals surface area contributed by atoms with Crippen molar-refractivity contribution < 1.29 is 13.2 Å². The number of amides is 1. The lowest BCUT2D eigenvalue weighted by Gasteiger charge is -2.09. The van der Waals surface area contributed by atoms with Crippen molar-refractivity contribution in [2.24, 2.45) is 0 Å². The highest BCUT2D eigenvalue weighted by Gasteiger charge is 2.17. The van der Waals surface area contributed by atoms with Gasteiger partial charge in [0.05, 0.1) is 22.4 Å². The Hall–Kier alpha value is -1.56. The molecule has 0 aliphatic heterocycles. The molecule has 0 atom stereocenters. The fraction of sp³-hybridized carbons (Fsp3) is 0.417. The van der Waals surface area contributed by atoms with Crippen LogP contribution < -0.4 is 11.1 Å². The van der Waals surface area contributed by atoms with Gasteiger partial charge in [-0.3, -0.25) is 4.79 Å². The maximum atomic E-state index is 11.6. The van der Waals surface area contributed by atoms with Crippen LogP contribution in [-0.2, 0) is 14.6 Å². The number of nitrogens with one attached hydrogen (secondary N) is 1. The number of anilines is 2. The van der Waals surface area contributed by atoms with Crippen molar-refractivity contribution in [1.82, 2.24) is 0 Å². The Labute approximate surface area is 107 Å². The zero-order valence-electron chi connectivity index (χ0n) is 10.5. The highest BCUT2D eigenvalue weighted by Crippen LogP contribution is 2.17. The number of carbonyl (C=O) groups excluding carboxylic acids is 1. The van der Waals surface area contributed by atoms with Crippen molar-refractivity contribution in [1.29, 1.82) is 0 Å². The Bertz CT molecular complexity index is 524. The maximum absolute atomic E-state index is 11.6. The van der Waals surface area contributed by atoms with Crippen molar-refractivity contribution >= 4 is 27.1 Å². The summed E-state index contributed by atoms with van der Waals surface area (Å²) in [5.41, 5.74) is 6.63. The summed E-state index contributed by atoms with van der Waals surface area (Å²) in [6.07, 6.45) is -0.0607. The maximum Gasteiger partial charge on any atom is 0.225 e. The van der Waals surface area contributed by atoms with E-state index in [4.69, 9.17) is 5.73 Å². The molecule has 1 aromatic rings. The number of hydrogen-bond donors (Lipinski definition) is 2. The lowest BCUT2D eigenvalue weighted by molar-refractivity contribution is -0.115. The summed E-state index contributed by atoms with van der Waals surface area (Å²) in [7, 11) is -3.19.